The number of aromatic amines is 1. The average Bonchev–Trinajstić information content (AvgIpc) is 3.21. The van der Waals surface area contributed by atoms with Crippen molar-refractivity contribution in [3.63, 3.8) is 0 Å². The zero-order valence-electron chi connectivity index (χ0n) is 16.8. The highest BCUT2D eigenvalue weighted by Gasteiger charge is 2.51. The van der Waals surface area contributed by atoms with Gasteiger partial charge in [0.15, 0.2) is 0 Å². The Labute approximate surface area is 173 Å². The molecule has 154 valence electrons. The first-order chi connectivity index (χ1) is 14.6. The number of aryl methyl sites for hydroxylation is 1. The van der Waals surface area contributed by atoms with Crippen LogP contribution in [0.3, 0.4) is 0 Å². The van der Waals surface area contributed by atoms with E-state index in [-0.39, 0.29) is 18.0 Å². The van der Waals surface area contributed by atoms with E-state index in [4.69, 9.17) is 0 Å². The van der Waals surface area contributed by atoms with Crippen LogP contribution < -0.4 is 4.90 Å². The Morgan fingerprint density at radius 1 is 1.17 bits per heavy atom. The molecule has 5 heterocycles. The third kappa shape index (κ3) is 2.77. The fourth-order valence-electron chi connectivity index (χ4n) is 5.01. The van der Waals surface area contributed by atoms with E-state index in [0.29, 0.717) is 6.42 Å². The van der Waals surface area contributed by atoms with Crippen molar-refractivity contribution in [1.29, 1.82) is 0 Å². The second-order valence-corrected chi connectivity index (χ2v) is 8.72. The molecule has 2 aliphatic heterocycles. The minimum Gasteiger partial charge on any atom is -0.352 e. The number of piperazine rings is 1. The maximum absolute atomic E-state index is 13.5. The van der Waals surface area contributed by atoms with E-state index in [1.54, 1.807) is 6.33 Å². The number of rotatable bonds is 3. The van der Waals surface area contributed by atoms with Crippen molar-refractivity contribution in [2.45, 2.75) is 44.4 Å². The smallest absolute Gasteiger partial charge is 0.229 e. The number of nitrogens with one attached hydrogen (secondary N) is 1. The van der Waals surface area contributed by atoms with E-state index in [1.165, 1.54) is 0 Å². The summed E-state index contributed by atoms with van der Waals surface area (Å²) in [5.41, 5.74) is 3.73. The Kier molecular flexibility index (Phi) is 3.85. The summed E-state index contributed by atoms with van der Waals surface area (Å²) in [5, 5.41) is 0.971. The van der Waals surface area contributed by atoms with Gasteiger partial charge in [-0.2, -0.15) is 0 Å². The Morgan fingerprint density at radius 3 is 2.60 bits per heavy atom. The van der Waals surface area contributed by atoms with Gasteiger partial charge in [-0.05, 0) is 44.4 Å². The van der Waals surface area contributed by atoms with E-state index in [9.17, 15) is 9.18 Å². The Bertz CT molecular complexity index is 1110. The number of carbonyl (C=O) groups excluding carboxylic acids is 1. The molecule has 2 unspecified atom stereocenters. The first kappa shape index (κ1) is 17.8. The quantitative estimate of drug-likeness (QED) is 0.724. The maximum atomic E-state index is 13.5. The van der Waals surface area contributed by atoms with Gasteiger partial charge >= 0.3 is 0 Å². The number of aromatic nitrogens is 4. The Morgan fingerprint density at radius 2 is 1.93 bits per heavy atom. The summed E-state index contributed by atoms with van der Waals surface area (Å²) in [6, 6.07) is 6.38. The van der Waals surface area contributed by atoms with Crippen LogP contribution in [0.2, 0.25) is 0 Å². The summed E-state index contributed by atoms with van der Waals surface area (Å²) in [7, 11) is 0. The molecular weight excluding hydrogens is 383 g/mol. The van der Waals surface area contributed by atoms with Gasteiger partial charge in [0, 0.05) is 48.3 Å². The zero-order valence-corrected chi connectivity index (χ0v) is 16.8. The highest BCUT2D eigenvalue weighted by Crippen LogP contribution is 2.41. The van der Waals surface area contributed by atoms with Gasteiger partial charge in [-0.3, -0.25) is 9.78 Å². The number of alkyl halides is 1. The minimum atomic E-state index is -0.939. The lowest BCUT2D eigenvalue weighted by atomic mass is 10.1. The first-order valence-electron chi connectivity index (χ1n) is 10.6. The van der Waals surface area contributed by atoms with Crippen LogP contribution in [-0.4, -0.2) is 62.1 Å². The summed E-state index contributed by atoms with van der Waals surface area (Å²) >= 11 is 0. The number of halogens is 1. The van der Waals surface area contributed by atoms with Gasteiger partial charge in [0.1, 0.15) is 24.0 Å². The molecule has 2 bridgehead atoms. The van der Waals surface area contributed by atoms with Crippen molar-refractivity contribution in [2.75, 3.05) is 18.0 Å². The molecule has 30 heavy (non-hydrogen) atoms. The van der Waals surface area contributed by atoms with Crippen molar-refractivity contribution in [3.8, 4) is 11.3 Å². The predicted octanol–water partition coefficient (Wildman–Crippen LogP) is 2.87. The molecule has 1 N–H and O–H groups in total. The maximum Gasteiger partial charge on any atom is 0.229 e. The van der Waals surface area contributed by atoms with Gasteiger partial charge in [-0.1, -0.05) is 0 Å². The molecule has 0 spiro atoms. The normalized spacial score (nSPS) is 27.7. The molecule has 3 aromatic heterocycles. The lowest BCUT2D eigenvalue weighted by Gasteiger charge is -2.41. The second kappa shape index (κ2) is 6.48. The number of amides is 1. The molecule has 4 atom stereocenters. The van der Waals surface area contributed by atoms with Crippen LogP contribution in [0.15, 0.2) is 30.7 Å². The fourth-order valence-corrected chi connectivity index (χ4v) is 5.01. The SMILES string of the molecule is Cc1ccc(-c2cc3c(N4CC5CCC(C4)N5C(=O)[C@@H]4C[C@H]4F)ncnc3[nH]2)cn1. The lowest BCUT2D eigenvalue weighted by Crippen LogP contribution is -2.56. The fraction of sp³-hybridized carbons (Fsp3) is 0.455. The van der Waals surface area contributed by atoms with Crippen LogP contribution in [0.25, 0.3) is 22.3 Å². The molecule has 1 aliphatic carbocycles. The summed E-state index contributed by atoms with van der Waals surface area (Å²) in [5.74, 6) is 0.500. The van der Waals surface area contributed by atoms with Crippen molar-refractivity contribution in [1.82, 2.24) is 24.8 Å². The van der Waals surface area contributed by atoms with Crippen LogP contribution in [0.5, 0.6) is 0 Å². The van der Waals surface area contributed by atoms with Gasteiger partial charge in [0.2, 0.25) is 5.91 Å². The van der Waals surface area contributed by atoms with Crippen molar-refractivity contribution < 1.29 is 9.18 Å². The van der Waals surface area contributed by atoms with Crippen molar-refractivity contribution >= 4 is 22.8 Å². The number of H-pyrrole nitrogens is 1. The summed E-state index contributed by atoms with van der Waals surface area (Å²) in [4.78, 5) is 33.7. The highest BCUT2D eigenvalue weighted by atomic mass is 19.1. The van der Waals surface area contributed by atoms with Crippen LogP contribution in [0, 0.1) is 12.8 Å². The molecule has 6 rings (SSSR count). The summed E-state index contributed by atoms with van der Waals surface area (Å²) in [6.07, 6.45) is 4.84. The molecule has 0 radical (unpaired) electrons. The molecule has 2 saturated heterocycles. The Balaban J connectivity index is 1.30. The monoisotopic (exact) mass is 406 g/mol. The van der Waals surface area contributed by atoms with Crippen molar-refractivity contribution in [3.05, 3.63) is 36.4 Å². The molecular formula is C22H23FN6O. The van der Waals surface area contributed by atoms with Crippen LogP contribution >= 0.6 is 0 Å². The van der Waals surface area contributed by atoms with E-state index in [2.05, 4.69) is 30.9 Å². The zero-order chi connectivity index (χ0) is 20.4. The van der Waals surface area contributed by atoms with Gasteiger partial charge in [-0.15, -0.1) is 0 Å². The molecule has 8 heteroatoms. The standard InChI is InChI=1S/C22H23FN6O/c1-12-2-3-13(8-24-12)19-7-17-20(27-19)25-11-26-21(17)28-9-14-4-5-15(10-28)29(14)22(30)16-6-18(16)23/h2-3,7-8,11,14-16,18H,4-6,9-10H2,1H3,(H,25,26,27)/t14?,15?,16-,18-/m1/s1. The van der Waals surface area contributed by atoms with E-state index in [1.807, 2.05) is 30.2 Å². The van der Waals surface area contributed by atoms with Gasteiger partial charge < -0.3 is 14.8 Å². The number of nitrogens with zero attached hydrogens (tertiary/aromatic N) is 5. The second-order valence-electron chi connectivity index (χ2n) is 8.72. The number of fused-ring (bicyclic) bond motifs is 3. The number of pyridine rings is 1. The Hall–Kier alpha value is -3.03. The molecule has 3 aliphatic rings. The molecule has 1 amide bonds. The minimum absolute atomic E-state index is 0.0123. The van der Waals surface area contributed by atoms with Gasteiger partial charge in [0.25, 0.3) is 0 Å². The largest absolute Gasteiger partial charge is 0.352 e. The molecule has 1 saturated carbocycles. The molecule has 0 aromatic carbocycles. The van der Waals surface area contributed by atoms with Crippen LogP contribution in [0.4, 0.5) is 10.2 Å². The van der Waals surface area contributed by atoms with Crippen LogP contribution in [0.1, 0.15) is 25.0 Å². The number of hydrogen-bond donors (Lipinski definition) is 1. The van der Waals surface area contributed by atoms with Gasteiger partial charge in [0.05, 0.1) is 11.3 Å². The summed E-state index contributed by atoms with van der Waals surface area (Å²) < 4.78 is 13.5. The molecule has 7 nitrogen and oxygen atoms in total. The molecule has 3 aromatic rings. The van der Waals surface area contributed by atoms with E-state index >= 15 is 0 Å². The number of hydrogen-bond acceptors (Lipinski definition) is 5. The number of anilines is 1. The topological polar surface area (TPSA) is 78.0 Å². The van der Waals surface area contributed by atoms with E-state index in [0.717, 1.165) is 59.7 Å². The summed E-state index contributed by atoms with van der Waals surface area (Å²) in [6.45, 7) is 3.42. The third-order valence-corrected chi connectivity index (χ3v) is 6.69. The average molecular weight is 406 g/mol. The predicted molar refractivity (Wildman–Crippen MR) is 111 cm³/mol. The molecule has 3 fully saturated rings. The van der Waals surface area contributed by atoms with Gasteiger partial charge in [-0.25, -0.2) is 14.4 Å². The van der Waals surface area contributed by atoms with E-state index < -0.39 is 12.1 Å². The first-order valence-corrected chi connectivity index (χ1v) is 10.6. The third-order valence-electron chi connectivity index (χ3n) is 6.69. The highest BCUT2D eigenvalue weighted by molar-refractivity contribution is 5.92. The lowest BCUT2D eigenvalue weighted by molar-refractivity contribution is -0.136. The van der Waals surface area contributed by atoms with Crippen LogP contribution in [-0.2, 0) is 4.79 Å². The van der Waals surface area contributed by atoms with Crippen molar-refractivity contribution in [2.24, 2.45) is 5.92 Å². The number of carbonyl (C=O) groups is 1.